The van der Waals surface area contributed by atoms with Crippen LogP contribution in [0, 0.1) is 17.8 Å². The molecule has 0 aliphatic heterocycles. The predicted octanol–water partition coefficient (Wildman–Crippen LogP) is 3.69. The van der Waals surface area contributed by atoms with Crippen LogP contribution in [0.5, 0.6) is 0 Å². The van der Waals surface area contributed by atoms with Gasteiger partial charge in [-0.1, -0.05) is 12.1 Å². The first-order chi connectivity index (χ1) is 11.5. The summed E-state index contributed by atoms with van der Waals surface area (Å²) in [6.45, 7) is -0.206. The van der Waals surface area contributed by atoms with Gasteiger partial charge < -0.3 is 10.1 Å². The van der Waals surface area contributed by atoms with Crippen molar-refractivity contribution in [3.05, 3.63) is 34.3 Å². The molecule has 0 atom stereocenters. The molecule has 24 heavy (non-hydrogen) atoms. The van der Waals surface area contributed by atoms with Crippen LogP contribution in [0.3, 0.4) is 0 Å². The lowest BCUT2D eigenvalue weighted by Gasteiger charge is -2.56. The van der Waals surface area contributed by atoms with Crippen molar-refractivity contribution in [1.29, 1.82) is 0 Å². The van der Waals surface area contributed by atoms with Crippen LogP contribution in [0.15, 0.2) is 28.7 Å². The van der Waals surface area contributed by atoms with E-state index in [1.165, 1.54) is 19.3 Å². The maximum Gasteiger partial charge on any atom is 0.339 e. The Morgan fingerprint density at radius 3 is 2.25 bits per heavy atom. The molecular formula is C19H22BrNO3. The summed E-state index contributed by atoms with van der Waals surface area (Å²) in [5.74, 6) is 1.69. The SMILES string of the molecule is O=C(COC(=O)c1ccccc1Br)NC12CC3CC(CC(C3)C1)C2. The monoisotopic (exact) mass is 391 g/mol. The van der Waals surface area contributed by atoms with Crippen LogP contribution in [-0.4, -0.2) is 24.0 Å². The fraction of sp³-hybridized carbons (Fsp3) is 0.579. The highest BCUT2D eigenvalue weighted by Gasteiger charge is 2.51. The molecule has 4 saturated carbocycles. The molecule has 0 saturated heterocycles. The molecule has 5 heteroatoms. The van der Waals surface area contributed by atoms with Crippen LogP contribution in [-0.2, 0) is 9.53 Å². The molecule has 4 bridgehead atoms. The number of nitrogens with one attached hydrogen (secondary N) is 1. The quantitative estimate of drug-likeness (QED) is 0.796. The Balaban J connectivity index is 1.34. The van der Waals surface area contributed by atoms with E-state index in [9.17, 15) is 9.59 Å². The number of carbonyl (C=O) groups excluding carboxylic acids is 2. The lowest BCUT2D eigenvalue weighted by Crippen LogP contribution is -2.60. The summed E-state index contributed by atoms with van der Waals surface area (Å²) < 4.78 is 5.88. The smallest absolute Gasteiger partial charge is 0.339 e. The van der Waals surface area contributed by atoms with Crippen molar-refractivity contribution in [2.75, 3.05) is 6.61 Å². The minimum atomic E-state index is -0.469. The molecule has 4 aliphatic rings. The predicted molar refractivity (Wildman–Crippen MR) is 93.5 cm³/mol. The summed E-state index contributed by atoms with van der Waals surface area (Å²) in [5, 5.41) is 3.22. The van der Waals surface area contributed by atoms with Gasteiger partial charge in [0.05, 0.1) is 5.56 Å². The van der Waals surface area contributed by atoms with Crippen molar-refractivity contribution in [2.24, 2.45) is 17.8 Å². The Hall–Kier alpha value is -1.36. The molecule has 0 radical (unpaired) electrons. The van der Waals surface area contributed by atoms with Gasteiger partial charge >= 0.3 is 5.97 Å². The molecule has 1 amide bonds. The average molecular weight is 392 g/mol. The van der Waals surface area contributed by atoms with E-state index in [0.717, 1.165) is 37.0 Å². The second kappa shape index (κ2) is 6.17. The maximum absolute atomic E-state index is 12.3. The van der Waals surface area contributed by atoms with Gasteiger partial charge in [-0.15, -0.1) is 0 Å². The van der Waals surface area contributed by atoms with Gasteiger partial charge in [0.25, 0.3) is 5.91 Å². The third-order valence-electron chi connectivity index (χ3n) is 5.87. The first-order valence-electron chi connectivity index (χ1n) is 8.76. The second-order valence-electron chi connectivity index (χ2n) is 7.80. The van der Waals surface area contributed by atoms with E-state index in [4.69, 9.17) is 4.74 Å². The Kier molecular flexibility index (Phi) is 4.15. The van der Waals surface area contributed by atoms with E-state index >= 15 is 0 Å². The zero-order valence-corrected chi connectivity index (χ0v) is 15.2. The molecule has 5 rings (SSSR count). The fourth-order valence-corrected chi connectivity index (χ4v) is 5.88. The van der Waals surface area contributed by atoms with Crippen molar-refractivity contribution in [2.45, 2.75) is 44.1 Å². The highest BCUT2D eigenvalue weighted by Crippen LogP contribution is 2.55. The first kappa shape index (κ1) is 16.1. The molecule has 0 spiro atoms. The Bertz CT molecular complexity index is 637. The van der Waals surface area contributed by atoms with Crippen molar-refractivity contribution in [3.63, 3.8) is 0 Å². The number of carbonyl (C=O) groups is 2. The van der Waals surface area contributed by atoms with E-state index in [2.05, 4.69) is 21.2 Å². The van der Waals surface area contributed by atoms with Gasteiger partial charge in [-0.05, 0) is 84.3 Å². The average Bonchev–Trinajstić information content (AvgIpc) is 2.51. The second-order valence-corrected chi connectivity index (χ2v) is 8.66. The van der Waals surface area contributed by atoms with Gasteiger partial charge in [0.1, 0.15) is 0 Å². The zero-order chi connectivity index (χ0) is 16.7. The third-order valence-corrected chi connectivity index (χ3v) is 6.56. The lowest BCUT2D eigenvalue weighted by molar-refractivity contribution is -0.130. The van der Waals surface area contributed by atoms with E-state index in [0.29, 0.717) is 10.0 Å². The van der Waals surface area contributed by atoms with Gasteiger partial charge in [0, 0.05) is 10.0 Å². The molecular weight excluding hydrogens is 370 g/mol. The normalized spacial score (nSPS) is 33.3. The zero-order valence-electron chi connectivity index (χ0n) is 13.6. The number of halogens is 1. The Morgan fingerprint density at radius 1 is 1.08 bits per heavy atom. The minimum absolute atomic E-state index is 0.0361. The molecule has 0 aromatic heterocycles. The molecule has 4 aliphatic carbocycles. The molecule has 0 unspecified atom stereocenters. The van der Waals surface area contributed by atoms with Crippen molar-refractivity contribution < 1.29 is 14.3 Å². The number of ether oxygens (including phenoxy) is 1. The lowest BCUT2D eigenvalue weighted by atomic mass is 9.53. The van der Waals surface area contributed by atoms with Crippen LogP contribution < -0.4 is 5.32 Å². The van der Waals surface area contributed by atoms with Crippen molar-refractivity contribution >= 4 is 27.8 Å². The molecule has 4 nitrogen and oxygen atoms in total. The largest absolute Gasteiger partial charge is 0.452 e. The number of benzene rings is 1. The summed E-state index contributed by atoms with van der Waals surface area (Å²) >= 11 is 3.33. The molecule has 4 fully saturated rings. The minimum Gasteiger partial charge on any atom is -0.452 e. The van der Waals surface area contributed by atoms with Gasteiger partial charge in [-0.25, -0.2) is 4.79 Å². The number of hydrogen-bond acceptors (Lipinski definition) is 3. The van der Waals surface area contributed by atoms with Gasteiger partial charge in [0.2, 0.25) is 0 Å². The summed E-state index contributed by atoms with van der Waals surface area (Å²) in [6, 6.07) is 7.08. The van der Waals surface area contributed by atoms with E-state index < -0.39 is 5.97 Å². The van der Waals surface area contributed by atoms with Gasteiger partial charge in [-0.3, -0.25) is 4.79 Å². The van der Waals surface area contributed by atoms with Crippen LogP contribution in [0.2, 0.25) is 0 Å². The number of rotatable bonds is 4. The van der Waals surface area contributed by atoms with Crippen molar-refractivity contribution in [3.8, 4) is 0 Å². The standard InChI is InChI=1S/C19H22BrNO3/c20-16-4-2-1-3-15(16)18(23)24-11-17(22)21-19-8-12-5-13(9-19)7-14(6-12)10-19/h1-4,12-14H,5-11H2,(H,21,22). The molecule has 1 aromatic carbocycles. The van der Waals surface area contributed by atoms with E-state index in [1.807, 2.05) is 6.07 Å². The Morgan fingerprint density at radius 2 is 1.67 bits per heavy atom. The Labute approximate surface area is 150 Å². The maximum atomic E-state index is 12.3. The summed E-state index contributed by atoms with van der Waals surface area (Å²) in [4.78, 5) is 24.4. The van der Waals surface area contributed by atoms with Crippen LogP contribution in [0.25, 0.3) is 0 Å². The summed E-state index contributed by atoms with van der Waals surface area (Å²) in [7, 11) is 0. The molecule has 1 N–H and O–H groups in total. The number of esters is 1. The third kappa shape index (κ3) is 3.10. The van der Waals surface area contributed by atoms with E-state index in [-0.39, 0.29) is 18.1 Å². The van der Waals surface area contributed by atoms with E-state index in [1.54, 1.807) is 18.2 Å². The fourth-order valence-electron chi connectivity index (χ4n) is 5.43. The van der Waals surface area contributed by atoms with Crippen LogP contribution in [0.4, 0.5) is 0 Å². The molecule has 128 valence electrons. The van der Waals surface area contributed by atoms with Gasteiger partial charge in [-0.2, -0.15) is 0 Å². The first-order valence-corrected chi connectivity index (χ1v) is 9.55. The summed E-state index contributed by atoms with van der Waals surface area (Å²) in [6.07, 6.45) is 7.32. The van der Waals surface area contributed by atoms with Crippen LogP contribution >= 0.6 is 15.9 Å². The molecule has 1 aromatic rings. The molecule has 0 heterocycles. The van der Waals surface area contributed by atoms with Gasteiger partial charge in [0.15, 0.2) is 6.61 Å². The topological polar surface area (TPSA) is 55.4 Å². The summed E-state index contributed by atoms with van der Waals surface area (Å²) in [5.41, 5.74) is 0.408. The highest BCUT2D eigenvalue weighted by atomic mass is 79.9. The highest BCUT2D eigenvalue weighted by molar-refractivity contribution is 9.10. The number of amides is 1. The number of hydrogen-bond donors (Lipinski definition) is 1. The van der Waals surface area contributed by atoms with Crippen LogP contribution in [0.1, 0.15) is 48.9 Å². The van der Waals surface area contributed by atoms with Crippen molar-refractivity contribution in [1.82, 2.24) is 5.32 Å².